The first-order valence-electron chi connectivity index (χ1n) is 15.3. The van der Waals surface area contributed by atoms with E-state index in [2.05, 4.69) is 76.4 Å². The zero-order chi connectivity index (χ0) is 31.1. The topological polar surface area (TPSA) is 110 Å². The molecule has 6 nitrogen and oxygen atoms in total. The van der Waals surface area contributed by atoms with Gasteiger partial charge in [-0.3, -0.25) is 9.59 Å². The second kappa shape index (κ2) is 14.3. The van der Waals surface area contributed by atoms with Gasteiger partial charge in [0, 0.05) is 36.0 Å². The van der Waals surface area contributed by atoms with Crippen molar-refractivity contribution in [3.05, 3.63) is 35.4 Å². The van der Waals surface area contributed by atoms with Gasteiger partial charge >= 0.3 is 0 Å². The molecule has 0 saturated carbocycles. The molecule has 0 radical (unpaired) electrons. The molecular weight excluding hydrogens is 496 g/mol. The van der Waals surface area contributed by atoms with E-state index in [-0.39, 0.29) is 46.1 Å². The maximum atomic E-state index is 13.2. The molecule has 230 valence electrons. The minimum atomic E-state index is -0.522. The Balaban J connectivity index is 2.75. The van der Waals surface area contributed by atoms with Gasteiger partial charge in [-0.2, -0.15) is 0 Å². The maximum absolute atomic E-state index is 13.2. The largest absolute Gasteiger partial charge is 0.356 e. The van der Waals surface area contributed by atoms with Gasteiger partial charge in [-0.05, 0) is 80.2 Å². The number of nitrogens with two attached hydrogens (primary N) is 2. The molecule has 0 aromatic heterocycles. The fourth-order valence-corrected chi connectivity index (χ4v) is 6.35. The number of benzene rings is 1. The molecule has 1 aromatic carbocycles. The van der Waals surface area contributed by atoms with Crippen molar-refractivity contribution in [1.29, 1.82) is 0 Å². The first-order chi connectivity index (χ1) is 18.0. The molecule has 0 spiro atoms. The molecule has 1 rings (SSSR count). The first-order valence-corrected chi connectivity index (χ1v) is 15.3. The van der Waals surface area contributed by atoms with E-state index in [1.54, 1.807) is 0 Å². The van der Waals surface area contributed by atoms with Crippen LogP contribution in [-0.2, 0) is 15.0 Å². The van der Waals surface area contributed by atoms with Gasteiger partial charge in [0.15, 0.2) is 0 Å². The average Bonchev–Trinajstić information content (AvgIpc) is 2.78. The lowest BCUT2D eigenvalue weighted by Crippen LogP contribution is -2.46. The van der Waals surface area contributed by atoms with Crippen molar-refractivity contribution >= 4 is 11.8 Å². The van der Waals surface area contributed by atoms with Crippen molar-refractivity contribution in [2.24, 2.45) is 34.1 Å². The number of carbonyl (C=O) groups excluding carboxylic acids is 2. The smallest absolute Gasteiger partial charge is 0.225 e. The van der Waals surface area contributed by atoms with Crippen LogP contribution in [0.3, 0.4) is 0 Å². The Bertz CT molecular complexity index is 942. The monoisotopic (exact) mass is 558 g/mol. The Kier molecular flexibility index (Phi) is 12.9. The van der Waals surface area contributed by atoms with Gasteiger partial charge in [0.1, 0.15) is 0 Å². The SMILES string of the molecule is CC(N)CC(C)CNC(=O)C(C)CC(C)c1ccc(C(C)(C)CC(C)(C)C(=O)NCC(C)(C)CC(C)(C)N)cc1. The van der Waals surface area contributed by atoms with Gasteiger partial charge in [-0.15, -0.1) is 0 Å². The molecule has 0 fully saturated rings. The number of nitrogens with one attached hydrogen (secondary N) is 2. The number of carbonyl (C=O) groups is 2. The van der Waals surface area contributed by atoms with Crippen LogP contribution in [-0.4, -0.2) is 36.5 Å². The lowest BCUT2D eigenvalue weighted by molar-refractivity contribution is -0.131. The first kappa shape index (κ1) is 36.1. The summed E-state index contributed by atoms with van der Waals surface area (Å²) >= 11 is 0. The second-order valence-corrected chi connectivity index (χ2v) is 15.7. The molecule has 0 aliphatic rings. The second-order valence-electron chi connectivity index (χ2n) is 15.7. The van der Waals surface area contributed by atoms with Gasteiger partial charge in [0.05, 0.1) is 0 Å². The third-order valence-electron chi connectivity index (χ3n) is 7.98. The van der Waals surface area contributed by atoms with Crippen LogP contribution in [0, 0.1) is 22.7 Å². The molecule has 0 aliphatic heterocycles. The van der Waals surface area contributed by atoms with E-state index in [0.29, 0.717) is 19.0 Å². The lowest BCUT2D eigenvalue weighted by Gasteiger charge is -2.37. The number of hydrogen-bond donors (Lipinski definition) is 4. The molecule has 40 heavy (non-hydrogen) atoms. The normalized spacial score (nSPS) is 16.1. The highest BCUT2D eigenvalue weighted by atomic mass is 16.2. The summed E-state index contributed by atoms with van der Waals surface area (Å²) in [6.45, 7) is 26.4. The van der Waals surface area contributed by atoms with Crippen molar-refractivity contribution < 1.29 is 9.59 Å². The van der Waals surface area contributed by atoms with Gasteiger partial charge in [0.25, 0.3) is 0 Å². The van der Waals surface area contributed by atoms with E-state index >= 15 is 0 Å². The van der Waals surface area contributed by atoms with Crippen molar-refractivity contribution in [2.45, 2.75) is 132 Å². The third kappa shape index (κ3) is 12.7. The number of amides is 2. The molecule has 0 bridgehead atoms. The Morgan fingerprint density at radius 1 is 0.825 bits per heavy atom. The molecule has 4 unspecified atom stereocenters. The summed E-state index contributed by atoms with van der Waals surface area (Å²) in [5.41, 5.74) is 13.5. The standard InChI is InChI=1S/C34H62N4O2/c1-23(17-26(4)35)19-37-29(39)25(3)18-24(2)27-13-15-28(16-14-27)32(7,8)21-33(9,10)30(40)38-22-31(5,6)20-34(11,12)36/h13-16,23-26H,17-22,35-36H2,1-12H3,(H,37,39)(H,38,40). The van der Waals surface area contributed by atoms with Crippen LogP contribution in [0.15, 0.2) is 24.3 Å². The van der Waals surface area contributed by atoms with Crippen molar-refractivity contribution in [3.8, 4) is 0 Å². The fourth-order valence-electron chi connectivity index (χ4n) is 6.35. The molecule has 1 aromatic rings. The summed E-state index contributed by atoms with van der Waals surface area (Å²) in [4.78, 5) is 25.9. The highest BCUT2D eigenvalue weighted by Gasteiger charge is 2.37. The van der Waals surface area contributed by atoms with Gasteiger partial charge in [0.2, 0.25) is 11.8 Å². The number of rotatable bonds is 16. The minimum Gasteiger partial charge on any atom is -0.356 e. The van der Waals surface area contributed by atoms with E-state index in [1.165, 1.54) is 11.1 Å². The number of hydrogen-bond acceptors (Lipinski definition) is 4. The van der Waals surface area contributed by atoms with E-state index in [1.807, 2.05) is 41.5 Å². The molecule has 0 aliphatic carbocycles. The van der Waals surface area contributed by atoms with Crippen LogP contribution >= 0.6 is 0 Å². The van der Waals surface area contributed by atoms with Gasteiger partial charge in [-0.25, -0.2) is 0 Å². The van der Waals surface area contributed by atoms with E-state index < -0.39 is 5.41 Å². The minimum absolute atomic E-state index is 0.0613. The lowest BCUT2D eigenvalue weighted by atomic mass is 9.70. The quantitative estimate of drug-likeness (QED) is 0.192. The van der Waals surface area contributed by atoms with E-state index in [4.69, 9.17) is 11.5 Å². The van der Waals surface area contributed by atoms with Gasteiger partial charge in [-0.1, -0.05) is 86.6 Å². The summed E-state index contributed by atoms with van der Waals surface area (Å²) in [5.74, 6) is 0.762. The average molecular weight is 559 g/mol. The molecular formula is C34H62N4O2. The predicted molar refractivity (Wildman–Crippen MR) is 170 cm³/mol. The molecule has 4 atom stereocenters. The summed E-state index contributed by atoms with van der Waals surface area (Å²) in [6.07, 6.45) is 3.25. The fraction of sp³-hybridized carbons (Fsp3) is 0.765. The van der Waals surface area contributed by atoms with E-state index in [9.17, 15) is 9.59 Å². The zero-order valence-corrected chi connectivity index (χ0v) is 27.8. The maximum Gasteiger partial charge on any atom is 0.225 e. The summed E-state index contributed by atoms with van der Waals surface area (Å²) < 4.78 is 0. The molecule has 6 N–H and O–H groups in total. The van der Waals surface area contributed by atoms with Crippen LogP contribution in [0.1, 0.15) is 126 Å². The van der Waals surface area contributed by atoms with E-state index in [0.717, 1.165) is 25.7 Å². The molecule has 0 heterocycles. The van der Waals surface area contributed by atoms with Crippen LogP contribution < -0.4 is 22.1 Å². The Morgan fingerprint density at radius 2 is 1.38 bits per heavy atom. The highest BCUT2D eigenvalue weighted by Crippen LogP contribution is 2.38. The third-order valence-corrected chi connectivity index (χ3v) is 7.98. The van der Waals surface area contributed by atoms with Crippen LogP contribution in [0.4, 0.5) is 0 Å². The summed E-state index contributed by atoms with van der Waals surface area (Å²) in [5, 5.41) is 6.30. The summed E-state index contributed by atoms with van der Waals surface area (Å²) in [6, 6.07) is 8.88. The Morgan fingerprint density at radius 3 is 1.88 bits per heavy atom. The van der Waals surface area contributed by atoms with Crippen molar-refractivity contribution in [1.82, 2.24) is 10.6 Å². The Hall–Kier alpha value is -1.92. The van der Waals surface area contributed by atoms with Crippen LogP contribution in [0.25, 0.3) is 0 Å². The van der Waals surface area contributed by atoms with Crippen LogP contribution in [0.5, 0.6) is 0 Å². The van der Waals surface area contributed by atoms with Crippen molar-refractivity contribution in [3.63, 3.8) is 0 Å². The molecule has 2 amide bonds. The highest BCUT2D eigenvalue weighted by molar-refractivity contribution is 5.82. The Labute approximate surface area is 246 Å². The molecule has 6 heteroatoms. The van der Waals surface area contributed by atoms with Crippen LogP contribution in [0.2, 0.25) is 0 Å². The van der Waals surface area contributed by atoms with Gasteiger partial charge < -0.3 is 22.1 Å². The predicted octanol–water partition coefficient (Wildman–Crippen LogP) is 6.27. The van der Waals surface area contributed by atoms with Crippen molar-refractivity contribution in [2.75, 3.05) is 13.1 Å². The zero-order valence-electron chi connectivity index (χ0n) is 27.8. The molecule has 0 saturated heterocycles. The summed E-state index contributed by atoms with van der Waals surface area (Å²) in [7, 11) is 0.